The molecule has 0 unspecified atom stereocenters. The molecule has 0 aliphatic rings. The van der Waals surface area contributed by atoms with Crippen LogP contribution < -0.4 is 90.6 Å². The van der Waals surface area contributed by atoms with Gasteiger partial charge in [0.05, 0.1) is 37.4 Å². The maximum absolute atomic E-state index is 16.1. The normalized spacial score (nSPS) is 12.3. The van der Waals surface area contributed by atoms with Crippen molar-refractivity contribution < 1.29 is 106 Å². The number of aromatic nitrogens is 2. The molecule has 0 bridgehead atoms. The summed E-state index contributed by atoms with van der Waals surface area (Å²) in [4.78, 5) is 54.1. The molecular weight excluding hydrogens is 837 g/mol. The maximum atomic E-state index is 16.1. The Labute approximate surface area is 399 Å². The molecular formula is C44H43F5N4Na2O7. The molecule has 5 aromatic rings. The zero-order valence-electron chi connectivity index (χ0n) is 34.8. The molecule has 0 aliphatic carbocycles. The fourth-order valence-corrected chi connectivity index (χ4v) is 7.26. The molecule has 0 radical (unpaired) electrons. The van der Waals surface area contributed by atoms with Crippen molar-refractivity contribution >= 4 is 11.9 Å². The van der Waals surface area contributed by atoms with E-state index in [9.17, 15) is 42.6 Å². The van der Waals surface area contributed by atoms with Crippen molar-refractivity contribution in [2.24, 2.45) is 0 Å². The number of carbonyl (C=O) groups excluding carboxylic acids is 2. The van der Waals surface area contributed by atoms with Crippen LogP contribution in [0.5, 0.6) is 5.75 Å². The minimum absolute atomic E-state index is 0. The van der Waals surface area contributed by atoms with E-state index in [4.69, 9.17) is 4.74 Å². The minimum atomic E-state index is -5.02. The SMILES string of the molecule is COc1cccc(-c2c(C)n(Cc3c(F)cccc3C(F)(F)F)c(=O)n(C[C@@H](c3ccccc3)N(CCCC(=O)[O-])C[C@H](NCCCC(=O)[O-])c3ccccc3)c2=O)c1F.[Na+].[Na+]. The summed E-state index contributed by atoms with van der Waals surface area (Å²) in [5, 5.41) is 26.2. The van der Waals surface area contributed by atoms with Crippen LogP contribution in [0.15, 0.2) is 107 Å². The van der Waals surface area contributed by atoms with Crippen molar-refractivity contribution in [1.82, 2.24) is 19.4 Å². The number of carboxylic acids is 2. The first kappa shape index (κ1) is 52.2. The molecule has 1 aromatic heterocycles. The summed E-state index contributed by atoms with van der Waals surface area (Å²) in [6, 6.07) is 22.5. The molecule has 4 aromatic carbocycles. The van der Waals surface area contributed by atoms with Crippen LogP contribution in [-0.4, -0.2) is 52.7 Å². The summed E-state index contributed by atoms with van der Waals surface area (Å²) in [6.45, 7) is 0.201. The Balaban J connectivity index is 0.00000512. The smallest absolute Gasteiger partial charge is 0.550 e. The molecule has 318 valence electrons. The predicted octanol–water partition coefficient (Wildman–Crippen LogP) is -1.22. The summed E-state index contributed by atoms with van der Waals surface area (Å²) in [7, 11) is 1.20. The molecule has 0 aliphatic heterocycles. The van der Waals surface area contributed by atoms with Crippen LogP contribution >= 0.6 is 0 Å². The molecule has 0 saturated heterocycles. The van der Waals surface area contributed by atoms with Crippen LogP contribution in [0.2, 0.25) is 0 Å². The minimum Gasteiger partial charge on any atom is -0.550 e. The van der Waals surface area contributed by atoms with Gasteiger partial charge in [-0.15, -0.1) is 0 Å². The number of hydrogen-bond acceptors (Lipinski definition) is 9. The molecule has 0 amide bonds. The van der Waals surface area contributed by atoms with Crippen LogP contribution in [-0.2, 0) is 28.9 Å². The number of methoxy groups -OCH3 is 1. The Kier molecular flexibility index (Phi) is 20.3. The van der Waals surface area contributed by atoms with E-state index in [0.29, 0.717) is 11.6 Å². The molecule has 62 heavy (non-hydrogen) atoms. The molecule has 11 nitrogen and oxygen atoms in total. The van der Waals surface area contributed by atoms with Crippen LogP contribution in [0.4, 0.5) is 22.0 Å². The van der Waals surface area contributed by atoms with E-state index in [1.54, 1.807) is 48.5 Å². The quantitative estimate of drug-likeness (QED) is 0.0578. The average molecular weight is 881 g/mol. The Bertz CT molecular complexity index is 2400. The van der Waals surface area contributed by atoms with Crippen molar-refractivity contribution in [2.45, 2.75) is 64.0 Å². The van der Waals surface area contributed by atoms with E-state index < -0.39 is 77.3 Å². The van der Waals surface area contributed by atoms with Gasteiger partial charge in [-0.25, -0.2) is 13.6 Å². The van der Waals surface area contributed by atoms with Crippen LogP contribution in [0.3, 0.4) is 0 Å². The molecule has 2 atom stereocenters. The van der Waals surface area contributed by atoms with Gasteiger partial charge in [0.2, 0.25) is 0 Å². The van der Waals surface area contributed by atoms with Crippen LogP contribution in [0.25, 0.3) is 11.1 Å². The van der Waals surface area contributed by atoms with Gasteiger partial charge in [-0.1, -0.05) is 78.9 Å². The van der Waals surface area contributed by atoms with Crippen molar-refractivity contribution in [3.05, 3.63) is 157 Å². The Morgan fingerprint density at radius 1 is 0.806 bits per heavy atom. The van der Waals surface area contributed by atoms with Gasteiger partial charge in [0.15, 0.2) is 11.6 Å². The molecule has 1 heterocycles. The second-order valence-corrected chi connectivity index (χ2v) is 14.1. The van der Waals surface area contributed by atoms with E-state index >= 15 is 8.78 Å². The number of carbonyl (C=O) groups is 2. The number of nitrogens with one attached hydrogen (secondary N) is 1. The molecule has 0 saturated carbocycles. The first-order valence-electron chi connectivity index (χ1n) is 19.1. The summed E-state index contributed by atoms with van der Waals surface area (Å²) in [6.07, 6.45) is -5.32. The number of nitrogens with zero attached hydrogens (tertiary/aromatic N) is 3. The van der Waals surface area contributed by atoms with Crippen molar-refractivity contribution in [2.75, 3.05) is 26.7 Å². The molecule has 0 spiro atoms. The summed E-state index contributed by atoms with van der Waals surface area (Å²) < 4.78 is 80.9. The third kappa shape index (κ3) is 13.2. The predicted molar refractivity (Wildman–Crippen MR) is 209 cm³/mol. The number of ether oxygens (including phenoxy) is 1. The number of hydrogen-bond donors (Lipinski definition) is 1. The Morgan fingerprint density at radius 2 is 1.40 bits per heavy atom. The fourth-order valence-electron chi connectivity index (χ4n) is 7.26. The van der Waals surface area contributed by atoms with Crippen molar-refractivity contribution in [3.8, 4) is 16.9 Å². The first-order chi connectivity index (χ1) is 28.6. The zero-order chi connectivity index (χ0) is 43.6. The standard InChI is InChI=1S/C44H45F5N4O7.2Na/c1-28-40(31-17-9-20-37(60-2)41(31)46)42(58)53(43(59)52(28)25-32-33(44(47,48)49)18-10-19-34(32)45)27-36(30-15-7-4-8-16-30)51(24-12-22-39(56)57)26-35(29-13-5-3-6-14-29)50-23-11-21-38(54)55;;/h3-10,13-20,35-36,50H,11-12,21-27H2,1-2H3,(H,54,55)(H,56,57);;/q;2*+1/p-2/t35-,36-;;/m0../s1. The van der Waals surface area contributed by atoms with Gasteiger partial charge in [0.1, 0.15) is 5.82 Å². The largest absolute Gasteiger partial charge is 1.00 e. The summed E-state index contributed by atoms with van der Waals surface area (Å²) in [5.74, 6) is -5.06. The zero-order valence-corrected chi connectivity index (χ0v) is 38.8. The Hall–Kier alpha value is -4.13. The van der Waals surface area contributed by atoms with Gasteiger partial charge in [0, 0.05) is 41.3 Å². The molecule has 1 N–H and O–H groups in total. The van der Waals surface area contributed by atoms with Gasteiger partial charge in [-0.3, -0.25) is 18.8 Å². The third-order valence-corrected chi connectivity index (χ3v) is 10.3. The monoisotopic (exact) mass is 880 g/mol. The topological polar surface area (TPSA) is 149 Å². The van der Waals surface area contributed by atoms with E-state index in [-0.39, 0.29) is 127 Å². The Morgan fingerprint density at radius 3 is 2.00 bits per heavy atom. The number of aliphatic carboxylic acids is 2. The van der Waals surface area contributed by atoms with E-state index in [0.717, 1.165) is 26.8 Å². The molecule has 5 rings (SSSR count). The number of benzene rings is 4. The molecule has 18 heteroatoms. The first-order valence-corrected chi connectivity index (χ1v) is 19.1. The van der Waals surface area contributed by atoms with Crippen LogP contribution in [0, 0.1) is 18.6 Å². The number of rotatable bonds is 20. The van der Waals surface area contributed by atoms with Crippen molar-refractivity contribution in [3.63, 3.8) is 0 Å². The van der Waals surface area contributed by atoms with E-state index in [2.05, 4.69) is 5.32 Å². The van der Waals surface area contributed by atoms with E-state index in [1.807, 2.05) is 17.0 Å². The van der Waals surface area contributed by atoms with Crippen LogP contribution in [0.1, 0.15) is 65.7 Å². The molecule has 0 fully saturated rings. The summed E-state index contributed by atoms with van der Waals surface area (Å²) in [5.41, 5.74) is -3.96. The number of halogens is 5. The van der Waals surface area contributed by atoms with Gasteiger partial charge in [-0.2, -0.15) is 13.2 Å². The third-order valence-electron chi connectivity index (χ3n) is 10.3. The second kappa shape index (κ2) is 24.1. The van der Waals surface area contributed by atoms with E-state index in [1.165, 1.54) is 32.2 Å². The van der Waals surface area contributed by atoms with Gasteiger partial charge >= 0.3 is 71.0 Å². The van der Waals surface area contributed by atoms with Gasteiger partial charge in [0.25, 0.3) is 5.56 Å². The van der Waals surface area contributed by atoms with Crippen molar-refractivity contribution in [1.29, 1.82) is 0 Å². The second-order valence-electron chi connectivity index (χ2n) is 14.1. The number of carboxylic acid groups (broad SMARTS) is 2. The maximum Gasteiger partial charge on any atom is 1.00 e. The average Bonchev–Trinajstić information content (AvgIpc) is 3.21. The summed E-state index contributed by atoms with van der Waals surface area (Å²) >= 11 is 0. The van der Waals surface area contributed by atoms with Gasteiger partial charge in [-0.05, 0) is 75.0 Å². The number of alkyl halides is 3. The fraction of sp³-hybridized carbons (Fsp3) is 0.318. The van der Waals surface area contributed by atoms with Gasteiger partial charge < -0.3 is 29.9 Å².